The predicted molar refractivity (Wildman–Crippen MR) is 98.5 cm³/mol. The third-order valence-electron chi connectivity index (χ3n) is 3.90. The number of amides is 3. The van der Waals surface area contributed by atoms with Gasteiger partial charge in [-0.3, -0.25) is 9.78 Å². The van der Waals surface area contributed by atoms with E-state index < -0.39 is 6.03 Å². The van der Waals surface area contributed by atoms with Crippen LogP contribution in [0.15, 0.2) is 36.7 Å². The number of carbonyl (C=O) groups excluding carboxylic acids is 2. The van der Waals surface area contributed by atoms with Gasteiger partial charge in [-0.05, 0) is 56.5 Å². The maximum Gasteiger partial charge on any atom is 0.315 e. The Morgan fingerprint density at radius 2 is 1.68 bits per heavy atom. The third kappa shape index (κ3) is 5.31. The number of rotatable bonds is 5. The van der Waals surface area contributed by atoms with E-state index in [2.05, 4.69) is 20.9 Å². The smallest absolute Gasteiger partial charge is 0.315 e. The molecule has 2 aromatic rings. The molecule has 0 fully saturated rings. The highest BCUT2D eigenvalue weighted by atomic mass is 16.2. The summed E-state index contributed by atoms with van der Waals surface area (Å²) >= 11 is 0. The van der Waals surface area contributed by atoms with Gasteiger partial charge in [0.2, 0.25) is 5.91 Å². The topological polar surface area (TPSA) is 83.1 Å². The molecule has 3 amide bonds. The van der Waals surface area contributed by atoms with E-state index in [4.69, 9.17) is 0 Å². The van der Waals surface area contributed by atoms with Gasteiger partial charge in [0.25, 0.3) is 0 Å². The number of nitrogens with zero attached hydrogens (tertiary/aromatic N) is 1. The van der Waals surface area contributed by atoms with Crippen LogP contribution in [0.5, 0.6) is 0 Å². The van der Waals surface area contributed by atoms with Gasteiger partial charge in [0.1, 0.15) is 0 Å². The van der Waals surface area contributed by atoms with Crippen molar-refractivity contribution in [2.24, 2.45) is 0 Å². The monoisotopic (exact) mass is 340 g/mol. The van der Waals surface area contributed by atoms with E-state index >= 15 is 0 Å². The molecule has 6 heteroatoms. The minimum Gasteiger partial charge on any atom is -0.332 e. The zero-order chi connectivity index (χ0) is 18.4. The fourth-order valence-corrected chi connectivity index (χ4v) is 2.70. The Bertz CT molecular complexity index is 736. The molecule has 0 aliphatic carbocycles. The molecule has 132 valence electrons. The lowest BCUT2D eigenvalue weighted by Crippen LogP contribution is -2.41. The Kier molecular flexibility index (Phi) is 6.11. The van der Waals surface area contributed by atoms with Crippen LogP contribution in [0.4, 0.5) is 10.5 Å². The maximum absolute atomic E-state index is 12.1. The summed E-state index contributed by atoms with van der Waals surface area (Å²) in [5, 5.41) is 8.22. The fourth-order valence-electron chi connectivity index (χ4n) is 2.70. The van der Waals surface area contributed by atoms with E-state index in [0.29, 0.717) is 0 Å². The van der Waals surface area contributed by atoms with Gasteiger partial charge < -0.3 is 16.0 Å². The van der Waals surface area contributed by atoms with Gasteiger partial charge in [-0.2, -0.15) is 0 Å². The Labute approximate surface area is 148 Å². The molecule has 0 spiro atoms. The van der Waals surface area contributed by atoms with Gasteiger partial charge in [0, 0.05) is 18.1 Å². The number of hydrogen-bond acceptors (Lipinski definition) is 3. The standard InChI is InChI=1S/C19H24N4O2/c1-12-9-13(2)18(14(3)10-12)23-17(24)11-21-19(25)22-15(4)16-5-7-20-8-6-16/h5-10,15H,11H2,1-4H3,(H,23,24)(H2,21,22,25). The number of nitrogens with one attached hydrogen (secondary N) is 3. The molecular weight excluding hydrogens is 316 g/mol. The van der Waals surface area contributed by atoms with E-state index in [9.17, 15) is 9.59 Å². The molecule has 0 aliphatic heterocycles. The zero-order valence-electron chi connectivity index (χ0n) is 15.0. The van der Waals surface area contributed by atoms with Crippen LogP contribution in [0.3, 0.4) is 0 Å². The van der Waals surface area contributed by atoms with Gasteiger partial charge in [0.05, 0.1) is 12.6 Å². The first kappa shape index (κ1) is 18.4. The van der Waals surface area contributed by atoms with Gasteiger partial charge in [-0.15, -0.1) is 0 Å². The van der Waals surface area contributed by atoms with Crippen molar-refractivity contribution in [1.29, 1.82) is 0 Å². The fraction of sp³-hybridized carbons (Fsp3) is 0.316. The normalized spacial score (nSPS) is 11.5. The Balaban J connectivity index is 1.85. The first-order valence-electron chi connectivity index (χ1n) is 8.19. The summed E-state index contributed by atoms with van der Waals surface area (Å²) < 4.78 is 0. The van der Waals surface area contributed by atoms with E-state index in [1.165, 1.54) is 0 Å². The first-order valence-corrected chi connectivity index (χ1v) is 8.19. The van der Waals surface area contributed by atoms with Crippen LogP contribution in [0.2, 0.25) is 0 Å². The molecule has 0 saturated carbocycles. The van der Waals surface area contributed by atoms with Gasteiger partial charge >= 0.3 is 6.03 Å². The Morgan fingerprint density at radius 3 is 2.28 bits per heavy atom. The number of aromatic nitrogens is 1. The molecule has 1 heterocycles. The van der Waals surface area contributed by atoms with Gasteiger partial charge in [-0.25, -0.2) is 4.79 Å². The molecule has 25 heavy (non-hydrogen) atoms. The molecule has 1 aromatic carbocycles. The summed E-state index contributed by atoms with van der Waals surface area (Å²) in [6.07, 6.45) is 3.34. The number of urea groups is 1. The summed E-state index contributed by atoms with van der Waals surface area (Å²) in [4.78, 5) is 28.0. The minimum absolute atomic E-state index is 0.0956. The predicted octanol–water partition coefficient (Wildman–Crippen LogP) is 3.01. The second kappa shape index (κ2) is 8.28. The van der Waals surface area contributed by atoms with Crippen molar-refractivity contribution in [1.82, 2.24) is 15.6 Å². The summed E-state index contributed by atoms with van der Waals surface area (Å²) in [6.45, 7) is 7.69. The highest BCUT2D eigenvalue weighted by molar-refractivity contribution is 5.95. The molecule has 1 unspecified atom stereocenters. The Hall–Kier alpha value is -2.89. The summed E-state index contributed by atoms with van der Waals surface area (Å²) in [7, 11) is 0. The maximum atomic E-state index is 12.1. The van der Waals surface area contributed by atoms with E-state index in [-0.39, 0.29) is 18.5 Å². The van der Waals surface area contributed by atoms with Crippen LogP contribution in [-0.2, 0) is 4.79 Å². The minimum atomic E-state index is -0.392. The Morgan fingerprint density at radius 1 is 1.08 bits per heavy atom. The van der Waals surface area contributed by atoms with E-state index in [1.807, 2.05) is 52.0 Å². The quantitative estimate of drug-likeness (QED) is 0.782. The first-order chi connectivity index (χ1) is 11.9. The molecular formula is C19H24N4O2. The number of carbonyl (C=O) groups is 2. The number of pyridine rings is 1. The second-order valence-corrected chi connectivity index (χ2v) is 6.15. The largest absolute Gasteiger partial charge is 0.332 e. The molecule has 1 aromatic heterocycles. The van der Waals surface area contributed by atoms with Crippen LogP contribution in [-0.4, -0.2) is 23.5 Å². The zero-order valence-corrected chi connectivity index (χ0v) is 15.0. The molecule has 0 bridgehead atoms. The molecule has 0 aliphatic rings. The SMILES string of the molecule is Cc1cc(C)c(NC(=O)CNC(=O)NC(C)c2ccncc2)c(C)c1. The number of hydrogen-bond donors (Lipinski definition) is 3. The molecule has 3 N–H and O–H groups in total. The van der Waals surface area contributed by atoms with Crippen molar-refractivity contribution in [3.8, 4) is 0 Å². The van der Waals surface area contributed by atoms with Crippen molar-refractivity contribution in [3.63, 3.8) is 0 Å². The summed E-state index contributed by atoms with van der Waals surface area (Å²) in [6, 6.07) is 7.13. The van der Waals surface area contributed by atoms with Crippen molar-refractivity contribution < 1.29 is 9.59 Å². The lowest BCUT2D eigenvalue weighted by Gasteiger charge is -2.16. The van der Waals surface area contributed by atoms with Crippen LogP contribution in [0.1, 0.15) is 35.2 Å². The van der Waals surface area contributed by atoms with E-state index in [1.54, 1.807) is 12.4 Å². The number of benzene rings is 1. The highest BCUT2D eigenvalue weighted by Gasteiger charge is 2.12. The molecule has 0 saturated heterocycles. The summed E-state index contributed by atoms with van der Waals surface area (Å²) in [5.74, 6) is -0.262. The van der Waals surface area contributed by atoms with E-state index in [0.717, 1.165) is 27.9 Å². The van der Waals surface area contributed by atoms with Crippen LogP contribution in [0, 0.1) is 20.8 Å². The van der Waals surface area contributed by atoms with Crippen molar-refractivity contribution in [2.75, 3.05) is 11.9 Å². The van der Waals surface area contributed by atoms with Gasteiger partial charge in [-0.1, -0.05) is 17.7 Å². The van der Waals surface area contributed by atoms with Crippen LogP contribution < -0.4 is 16.0 Å². The van der Waals surface area contributed by atoms with Crippen LogP contribution in [0.25, 0.3) is 0 Å². The molecule has 0 radical (unpaired) electrons. The van der Waals surface area contributed by atoms with Crippen molar-refractivity contribution >= 4 is 17.6 Å². The highest BCUT2D eigenvalue weighted by Crippen LogP contribution is 2.21. The average molecular weight is 340 g/mol. The van der Waals surface area contributed by atoms with Crippen LogP contribution >= 0.6 is 0 Å². The lowest BCUT2D eigenvalue weighted by atomic mass is 10.1. The summed E-state index contributed by atoms with van der Waals surface area (Å²) in [5.41, 5.74) is 4.89. The van der Waals surface area contributed by atoms with Crippen molar-refractivity contribution in [3.05, 3.63) is 58.9 Å². The van der Waals surface area contributed by atoms with Gasteiger partial charge in [0.15, 0.2) is 0 Å². The van der Waals surface area contributed by atoms with Crippen molar-refractivity contribution in [2.45, 2.75) is 33.7 Å². The lowest BCUT2D eigenvalue weighted by molar-refractivity contribution is -0.115. The number of anilines is 1. The molecule has 1 atom stereocenters. The molecule has 2 rings (SSSR count). The average Bonchev–Trinajstić information content (AvgIpc) is 2.57. The second-order valence-electron chi connectivity index (χ2n) is 6.15. The molecule has 6 nitrogen and oxygen atoms in total. The number of aryl methyl sites for hydroxylation is 3. The third-order valence-corrected chi connectivity index (χ3v) is 3.90.